The van der Waals surface area contributed by atoms with Crippen LogP contribution >= 0.6 is 12.6 Å². The van der Waals surface area contributed by atoms with Crippen molar-refractivity contribution >= 4 is 18.6 Å². The van der Waals surface area contributed by atoms with E-state index in [1.165, 1.54) is 0 Å². The topological polar surface area (TPSA) is 35.5 Å². The molecule has 0 aliphatic carbocycles. The van der Waals surface area contributed by atoms with E-state index in [1.54, 1.807) is 14.0 Å². The number of rotatable bonds is 5. The van der Waals surface area contributed by atoms with E-state index in [-0.39, 0.29) is 5.97 Å². The molecule has 0 aromatic rings. The lowest BCUT2D eigenvalue weighted by Crippen LogP contribution is -2.22. The normalized spacial score (nSPS) is 15.3. The average molecular weight is 192 g/mol. The van der Waals surface area contributed by atoms with E-state index in [0.717, 1.165) is 0 Å². The number of carbonyl (C=O) groups is 1. The minimum Gasteiger partial charge on any atom is -0.466 e. The number of ether oxygens (including phenoxy) is 2. The van der Waals surface area contributed by atoms with Gasteiger partial charge < -0.3 is 9.47 Å². The van der Waals surface area contributed by atoms with E-state index in [9.17, 15) is 4.79 Å². The molecule has 0 aliphatic rings. The molecule has 4 heteroatoms. The first-order valence-electron chi connectivity index (χ1n) is 3.95. The molecule has 72 valence electrons. The third-order valence-electron chi connectivity index (χ3n) is 1.56. The molecule has 0 aliphatic heterocycles. The molecular weight excluding hydrogens is 176 g/mol. The first kappa shape index (κ1) is 11.8. The Balaban J connectivity index is 3.49. The lowest BCUT2D eigenvalue weighted by molar-refractivity contribution is -0.144. The molecule has 3 nitrogen and oxygen atoms in total. The van der Waals surface area contributed by atoms with Crippen molar-refractivity contribution in [2.75, 3.05) is 13.7 Å². The molecule has 0 radical (unpaired) electrons. The highest BCUT2D eigenvalue weighted by molar-refractivity contribution is 7.81. The van der Waals surface area contributed by atoms with Gasteiger partial charge in [-0.05, 0) is 6.92 Å². The monoisotopic (exact) mass is 192 g/mol. The van der Waals surface area contributed by atoms with Gasteiger partial charge in [0, 0.05) is 20.0 Å². The fraction of sp³-hybridized carbons (Fsp3) is 0.875. The van der Waals surface area contributed by atoms with E-state index in [1.807, 2.05) is 6.92 Å². The standard InChI is InChI=1S/C8H16O3S/c1-4-7(9)11-6-5-8(2,12)10-3/h12H,4-6H2,1-3H3. The third kappa shape index (κ3) is 5.43. The van der Waals surface area contributed by atoms with Crippen molar-refractivity contribution in [1.29, 1.82) is 0 Å². The summed E-state index contributed by atoms with van der Waals surface area (Å²) >= 11 is 4.20. The summed E-state index contributed by atoms with van der Waals surface area (Å²) in [5.41, 5.74) is 0. The van der Waals surface area contributed by atoms with Gasteiger partial charge in [-0.2, -0.15) is 0 Å². The van der Waals surface area contributed by atoms with Crippen LogP contribution in [0.25, 0.3) is 0 Å². The van der Waals surface area contributed by atoms with Crippen LogP contribution in [0.2, 0.25) is 0 Å². The number of thiol groups is 1. The van der Waals surface area contributed by atoms with Gasteiger partial charge >= 0.3 is 5.97 Å². The Labute approximate surface area is 78.8 Å². The van der Waals surface area contributed by atoms with Gasteiger partial charge in [0.1, 0.15) is 4.93 Å². The smallest absolute Gasteiger partial charge is 0.305 e. The average Bonchev–Trinajstić information content (AvgIpc) is 2.04. The molecular formula is C8H16O3S. The summed E-state index contributed by atoms with van der Waals surface area (Å²) in [5.74, 6) is -0.185. The molecule has 0 bridgehead atoms. The maximum atomic E-state index is 10.7. The van der Waals surface area contributed by atoms with Crippen molar-refractivity contribution in [1.82, 2.24) is 0 Å². The zero-order valence-electron chi connectivity index (χ0n) is 7.79. The van der Waals surface area contributed by atoms with Gasteiger partial charge in [-0.3, -0.25) is 4.79 Å². The molecule has 12 heavy (non-hydrogen) atoms. The number of methoxy groups -OCH3 is 1. The first-order valence-corrected chi connectivity index (χ1v) is 4.39. The second kappa shape index (κ2) is 5.43. The first-order chi connectivity index (χ1) is 5.52. The summed E-state index contributed by atoms with van der Waals surface area (Å²) in [4.78, 5) is 10.2. The van der Waals surface area contributed by atoms with Gasteiger partial charge in [0.15, 0.2) is 0 Å². The van der Waals surface area contributed by atoms with Crippen LogP contribution in [0.5, 0.6) is 0 Å². The predicted molar refractivity (Wildman–Crippen MR) is 50.3 cm³/mol. The second-order valence-corrected chi connectivity index (χ2v) is 3.65. The van der Waals surface area contributed by atoms with Crippen LogP contribution in [0.15, 0.2) is 0 Å². The zero-order chi connectivity index (χ0) is 9.61. The van der Waals surface area contributed by atoms with Crippen LogP contribution < -0.4 is 0 Å². The Kier molecular flexibility index (Phi) is 5.33. The largest absolute Gasteiger partial charge is 0.466 e. The van der Waals surface area contributed by atoms with E-state index in [2.05, 4.69) is 12.6 Å². The van der Waals surface area contributed by atoms with Crippen molar-refractivity contribution in [3.05, 3.63) is 0 Å². The molecule has 0 aromatic carbocycles. The summed E-state index contributed by atoms with van der Waals surface area (Å²) < 4.78 is 9.89. The SMILES string of the molecule is CCC(=O)OCCC(C)(S)OC. The molecule has 0 saturated heterocycles. The molecule has 0 spiro atoms. The molecule has 0 amide bonds. The highest BCUT2D eigenvalue weighted by atomic mass is 32.1. The quantitative estimate of drug-likeness (QED) is 0.408. The highest BCUT2D eigenvalue weighted by Crippen LogP contribution is 2.18. The van der Waals surface area contributed by atoms with Crippen LogP contribution in [0.4, 0.5) is 0 Å². The molecule has 1 unspecified atom stereocenters. The number of esters is 1. The maximum absolute atomic E-state index is 10.7. The lowest BCUT2D eigenvalue weighted by atomic mass is 10.3. The van der Waals surface area contributed by atoms with Crippen LogP contribution in [-0.2, 0) is 14.3 Å². The molecule has 0 fully saturated rings. The Hall–Kier alpha value is -0.220. The molecule has 0 N–H and O–H groups in total. The number of hydrogen-bond donors (Lipinski definition) is 1. The van der Waals surface area contributed by atoms with Gasteiger partial charge in [0.2, 0.25) is 0 Å². The Morgan fingerprint density at radius 2 is 2.17 bits per heavy atom. The van der Waals surface area contributed by atoms with Crippen molar-refractivity contribution in [2.45, 2.75) is 31.6 Å². The highest BCUT2D eigenvalue weighted by Gasteiger charge is 2.17. The Morgan fingerprint density at radius 3 is 2.58 bits per heavy atom. The summed E-state index contributed by atoms with van der Waals surface area (Å²) in [7, 11) is 1.58. The molecule has 0 saturated carbocycles. The van der Waals surface area contributed by atoms with Crippen LogP contribution in [0, 0.1) is 0 Å². The minimum absolute atomic E-state index is 0.185. The molecule has 0 rings (SSSR count). The van der Waals surface area contributed by atoms with Crippen molar-refractivity contribution in [3.63, 3.8) is 0 Å². The van der Waals surface area contributed by atoms with Crippen molar-refractivity contribution in [2.24, 2.45) is 0 Å². The summed E-state index contributed by atoms with van der Waals surface area (Å²) in [6.07, 6.45) is 1.01. The molecule has 0 aromatic heterocycles. The summed E-state index contributed by atoms with van der Waals surface area (Å²) in [5, 5.41) is 0. The minimum atomic E-state index is -0.506. The van der Waals surface area contributed by atoms with Crippen LogP contribution in [0.3, 0.4) is 0 Å². The zero-order valence-corrected chi connectivity index (χ0v) is 8.69. The van der Waals surface area contributed by atoms with E-state index >= 15 is 0 Å². The van der Waals surface area contributed by atoms with Gasteiger partial charge in [0.05, 0.1) is 6.61 Å². The Bertz CT molecular complexity index is 145. The summed E-state index contributed by atoms with van der Waals surface area (Å²) in [6, 6.07) is 0. The fourth-order valence-electron chi connectivity index (χ4n) is 0.558. The number of carbonyl (C=O) groups excluding carboxylic acids is 1. The van der Waals surface area contributed by atoms with Crippen molar-refractivity contribution in [3.8, 4) is 0 Å². The molecule has 0 heterocycles. The summed E-state index contributed by atoms with van der Waals surface area (Å²) in [6.45, 7) is 3.95. The van der Waals surface area contributed by atoms with Gasteiger partial charge in [-0.15, -0.1) is 12.6 Å². The van der Waals surface area contributed by atoms with E-state index in [4.69, 9.17) is 9.47 Å². The fourth-order valence-corrected chi connectivity index (χ4v) is 0.650. The van der Waals surface area contributed by atoms with E-state index < -0.39 is 4.93 Å². The van der Waals surface area contributed by atoms with Crippen LogP contribution in [-0.4, -0.2) is 24.6 Å². The van der Waals surface area contributed by atoms with Gasteiger partial charge in [-0.25, -0.2) is 0 Å². The predicted octanol–water partition coefficient (Wildman–Crippen LogP) is 1.62. The molecule has 1 atom stereocenters. The van der Waals surface area contributed by atoms with Gasteiger partial charge in [-0.1, -0.05) is 6.92 Å². The maximum Gasteiger partial charge on any atom is 0.305 e. The van der Waals surface area contributed by atoms with E-state index in [0.29, 0.717) is 19.4 Å². The third-order valence-corrected chi connectivity index (χ3v) is 1.96. The number of hydrogen-bond acceptors (Lipinski definition) is 4. The lowest BCUT2D eigenvalue weighted by Gasteiger charge is -2.20. The second-order valence-electron chi connectivity index (χ2n) is 2.70. The Morgan fingerprint density at radius 1 is 1.58 bits per heavy atom. The van der Waals surface area contributed by atoms with Crippen LogP contribution in [0.1, 0.15) is 26.7 Å². The van der Waals surface area contributed by atoms with Crippen molar-refractivity contribution < 1.29 is 14.3 Å². The van der Waals surface area contributed by atoms with Gasteiger partial charge in [0.25, 0.3) is 0 Å².